The van der Waals surface area contributed by atoms with E-state index in [1.54, 1.807) is 17.0 Å². The van der Waals surface area contributed by atoms with Gasteiger partial charge in [0, 0.05) is 46.9 Å². The molecule has 192 valence electrons. The van der Waals surface area contributed by atoms with E-state index in [1.165, 1.54) is 19.2 Å². The van der Waals surface area contributed by atoms with Crippen molar-refractivity contribution in [2.45, 2.75) is 18.7 Å². The second-order valence-corrected chi connectivity index (χ2v) is 11.0. The average Bonchev–Trinajstić information content (AvgIpc) is 3.37. The molecular formula is C27H28N4O5S. The predicted molar refractivity (Wildman–Crippen MR) is 142 cm³/mol. The van der Waals surface area contributed by atoms with Gasteiger partial charge in [0.05, 0.1) is 23.7 Å². The minimum atomic E-state index is -3.65. The molecule has 0 radical (unpaired) electrons. The molecule has 5 rings (SSSR count). The second-order valence-electron chi connectivity index (χ2n) is 9.07. The summed E-state index contributed by atoms with van der Waals surface area (Å²) in [7, 11) is -2.31. The van der Waals surface area contributed by atoms with E-state index in [0.717, 1.165) is 28.1 Å². The van der Waals surface area contributed by atoms with Crippen LogP contribution in [0.5, 0.6) is 0 Å². The van der Waals surface area contributed by atoms with E-state index in [-0.39, 0.29) is 16.7 Å². The maximum Gasteiger partial charge on any atom is 0.256 e. The van der Waals surface area contributed by atoms with E-state index < -0.39 is 10.0 Å². The van der Waals surface area contributed by atoms with Gasteiger partial charge in [-0.15, -0.1) is 0 Å². The molecule has 3 N–H and O–H groups in total. The molecule has 2 aliphatic rings. The van der Waals surface area contributed by atoms with Crippen molar-refractivity contribution in [2.24, 2.45) is 0 Å². The maximum absolute atomic E-state index is 12.8. The zero-order valence-electron chi connectivity index (χ0n) is 20.8. The predicted octanol–water partition coefficient (Wildman–Crippen LogP) is 3.17. The van der Waals surface area contributed by atoms with Crippen molar-refractivity contribution < 1.29 is 22.7 Å². The lowest BCUT2D eigenvalue weighted by Crippen LogP contribution is -2.40. The number of carbonyl (C=O) groups is 2. The van der Waals surface area contributed by atoms with Gasteiger partial charge in [0.1, 0.15) is 0 Å². The average molecular weight is 521 g/mol. The van der Waals surface area contributed by atoms with E-state index in [1.807, 2.05) is 38.1 Å². The van der Waals surface area contributed by atoms with Gasteiger partial charge in [-0.3, -0.25) is 9.59 Å². The van der Waals surface area contributed by atoms with Crippen LogP contribution in [0.4, 0.5) is 5.69 Å². The van der Waals surface area contributed by atoms with Crippen LogP contribution in [0.3, 0.4) is 0 Å². The van der Waals surface area contributed by atoms with Gasteiger partial charge in [-0.25, -0.2) is 13.1 Å². The van der Waals surface area contributed by atoms with E-state index in [2.05, 4.69) is 15.0 Å². The Bertz CT molecular complexity index is 1530. The van der Waals surface area contributed by atoms with Crippen LogP contribution in [-0.4, -0.2) is 63.5 Å². The molecule has 2 aliphatic heterocycles. The molecule has 0 aliphatic carbocycles. The molecule has 1 aromatic heterocycles. The molecule has 3 heterocycles. The number of nitrogens with zero attached hydrogens (tertiary/aromatic N) is 1. The Balaban J connectivity index is 1.47. The number of morpholine rings is 1. The highest BCUT2D eigenvalue weighted by Gasteiger charge is 2.27. The molecule has 0 unspecified atom stereocenters. The first kappa shape index (κ1) is 24.9. The third kappa shape index (κ3) is 4.59. The Morgan fingerprint density at radius 1 is 1.08 bits per heavy atom. The number of anilines is 1. The third-order valence-corrected chi connectivity index (χ3v) is 8.25. The van der Waals surface area contributed by atoms with Gasteiger partial charge in [-0.2, -0.15) is 0 Å². The summed E-state index contributed by atoms with van der Waals surface area (Å²) < 4.78 is 32.2. The van der Waals surface area contributed by atoms with Crippen LogP contribution in [0, 0.1) is 13.8 Å². The maximum atomic E-state index is 12.8. The number of ether oxygens (including phenoxy) is 1. The number of hydrogen-bond donors (Lipinski definition) is 3. The van der Waals surface area contributed by atoms with Gasteiger partial charge in [0.2, 0.25) is 10.0 Å². The lowest BCUT2D eigenvalue weighted by molar-refractivity contribution is -0.110. The van der Waals surface area contributed by atoms with Gasteiger partial charge < -0.3 is 19.9 Å². The van der Waals surface area contributed by atoms with E-state index in [0.29, 0.717) is 48.7 Å². The number of amides is 2. The van der Waals surface area contributed by atoms with E-state index >= 15 is 0 Å². The Labute approximate surface area is 215 Å². The van der Waals surface area contributed by atoms with E-state index in [9.17, 15) is 18.0 Å². The zero-order valence-corrected chi connectivity index (χ0v) is 21.7. The Kier molecular flexibility index (Phi) is 6.49. The summed E-state index contributed by atoms with van der Waals surface area (Å²) >= 11 is 0. The first-order valence-electron chi connectivity index (χ1n) is 12.0. The number of rotatable bonds is 5. The number of sulfonamides is 1. The SMILES string of the molecule is CNS(=O)(=O)c1ccc2c(c1)/C(=C/c1[nH]c(C)c(-c3ccc(C(=O)N4CCOCC4)cc3)c1C)C(=O)N2. The minimum absolute atomic E-state index is 0.00616. The second kappa shape index (κ2) is 9.62. The molecule has 10 heteroatoms. The van der Waals surface area contributed by atoms with Crippen LogP contribution in [0.2, 0.25) is 0 Å². The van der Waals surface area contributed by atoms with E-state index in [4.69, 9.17) is 4.74 Å². The summed E-state index contributed by atoms with van der Waals surface area (Å²) in [6.07, 6.45) is 1.75. The van der Waals surface area contributed by atoms with Crippen LogP contribution in [0.1, 0.15) is 32.9 Å². The summed E-state index contributed by atoms with van der Waals surface area (Å²) in [5.74, 6) is -0.304. The summed E-state index contributed by atoms with van der Waals surface area (Å²) in [4.78, 5) is 30.8. The summed E-state index contributed by atoms with van der Waals surface area (Å²) in [5.41, 5.74) is 6.65. The van der Waals surface area contributed by atoms with Crippen molar-refractivity contribution >= 4 is 39.2 Å². The number of benzene rings is 2. The largest absolute Gasteiger partial charge is 0.378 e. The smallest absolute Gasteiger partial charge is 0.256 e. The standard InChI is InChI=1S/C27H28N4O5S/c1-16-24(15-22-21-14-20(37(34,35)28-3)8-9-23(21)30-26(22)32)29-17(2)25(16)18-4-6-19(7-5-18)27(33)31-10-12-36-13-11-31/h4-9,14-15,28-29H,10-13H2,1-3H3,(H,30,32)/b22-15-. The van der Waals surface area contributed by atoms with Gasteiger partial charge >= 0.3 is 0 Å². The highest BCUT2D eigenvalue weighted by atomic mass is 32.2. The van der Waals surface area contributed by atoms with Gasteiger partial charge in [0.25, 0.3) is 11.8 Å². The Morgan fingerprint density at radius 3 is 2.46 bits per heavy atom. The number of hydrogen-bond acceptors (Lipinski definition) is 5. The van der Waals surface area contributed by atoms with Crippen molar-refractivity contribution in [3.8, 4) is 11.1 Å². The van der Waals surface area contributed by atoms with Gasteiger partial charge in [-0.05, 0) is 68.4 Å². The first-order chi connectivity index (χ1) is 17.7. The summed E-state index contributed by atoms with van der Waals surface area (Å²) in [6.45, 7) is 6.21. The molecule has 0 saturated carbocycles. The lowest BCUT2D eigenvalue weighted by Gasteiger charge is -2.26. The van der Waals surface area contributed by atoms with Crippen molar-refractivity contribution in [3.05, 3.63) is 70.5 Å². The van der Waals surface area contributed by atoms with Crippen LogP contribution < -0.4 is 10.0 Å². The number of fused-ring (bicyclic) bond motifs is 1. The normalized spacial score (nSPS) is 16.7. The Morgan fingerprint density at radius 2 is 1.78 bits per heavy atom. The fourth-order valence-electron chi connectivity index (χ4n) is 4.82. The van der Waals surface area contributed by atoms with Crippen LogP contribution in [0.25, 0.3) is 22.8 Å². The number of carbonyl (C=O) groups excluding carboxylic acids is 2. The zero-order chi connectivity index (χ0) is 26.3. The van der Waals surface area contributed by atoms with Crippen molar-refractivity contribution in [3.63, 3.8) is 0 Å². The fraction of sp³-hybridized carbons (Fsp3) is 0.259. The molecule has 0 atom stereocenters. The first-order valence-corrected chi connectivity index (χ1v) is 13.5. The van der Waals surface area contributed by atoms with Crippen molar-refractivity contribution in [2.75, 3.05) is 38.7 Å². The number of aromatic amines is 1. The van der Waals surface area contributed by atoms with Crippen LogP contribution in [-0.2, 0) is 19.6 Å². The third-order valence-electron chi connectivity index (χ3n) is 6.84. The molecule has 37 heavy (non-hydrogen) atoms. The highest BCUT2D eigenvalue weighted by Crippen LogP contribution is 2.37. The lowest BCUT2D eigenvalue weighted by atomic mass is 9.98. The van der Waals surface area contributed by atoms with Crippen molar-refractivity contribution in [1.82, 2.24) is 14.6 Å². The fourth-order valence-corrected chi connectivity index (χ4v) is 5.58. The highest BCUT2D eigenvalue weighted by molar-refractivity contribution is 7.89. The minimum Gasteiger partial charge on any atom is -0.378 e. The molecule has 9 nitrogen and oxygen atoms in total. The van der Waals surface area contributed by atoms with Gasteiger partial charge in [0.15, 0.2) is 0 Å². The molecular weight excluding hydrogens is 492 g/mol. The van der Waals surface area contributed by atoms with Crippen LogP contribution in [0.15, 0.2) is 47.4 Å². The molecule has 1 saturated heterocycles. The number of nitrogens with one attached hydrogen (secondary N) is 3. The molecule has 2 aromatic carbocycles. The number of aromatic nitrogens is 1. The van der Waals surface area contributed by atoms with Gasteiger partial charge in [-0.1, -0.05) is 12.1 Å². The molecule has 1 fully saturated rings. The molecule has 0 bridgehead atoms. The topological polar surface area (TPSA) is 121 Å². The number of H-pyrrole nitrogens is 1. The molecule has 0 spiro atoms. The van der Waals surface area contributed by atoms with Crippen molar-refractivity contribution in [1.29, 1.82) is 0 Å². The Hall–Kier alpha value is -3.73. The quantitative estimate of drug-likeness (QED) is 0.447. The monoisotopic (exact) mass is 520 g/mol. The summed E-state index contributed by atoms with van der Waals surface area (Å²) in [6, 6.07) is 12.1. The van der Waals surface area contributed by atoms with Crippen LogP contribution >= 0.6 is 0 Å². The molecule has 3 aromatic rings. The number of aryl methyl sites for hydroxylation is 1. The summed E-state index contributed by atoms with van der Waals surface area (Å²) in [5, 5.41) is 2.80. The molecule has 2 amide bonds.